The number of para-hydroxylation sites is 1. The monoisotopic (exact) mass is 307 g/mol. The van der Waals surface area contributed by atoms with Crippen LogP contribution < -0.4 is 0 Å². The average Bonchev–Trinajstić information content (AvgIpc) is 2.56. The molecule has 4 heteroatoms. The van der Waals surface area contributed by atoms with E-state index >= 15 is 0 Å². The lowest BCUT2D eigenvalue weighted by molar-refractivity contribution is -0.137. The molecule has 0 aliphatic heterocycles. The van der Waals surface area contributed by atoms with Gasteiger partial charge < -0.3 is 9.84 Å². The number of phenols is 1. The lowest BCUT2D eigenvalue weighted by atomic mass is 9.98. The molecule has 0 radical (unpaired) electrons. The van der Waals surface area contributed by atoms with Gasteiger partial charge in [-0.2, -0.15) is 5.26 Å². The van der Waals surface area contributed by atoms with Crippen molar-refractivity contribution < 1.29 is 14.6 Å². The van der Waals surface area contributed by atoms with Crippen molar-refractivity contribution in [3.63, 3.8) is 0 Å². The first-order chi connectivity index (χ1) is 11.1. The summed E-state index contributed by atoms with van der Waals surface area (Å²) in [6, 6.07) is 16.3. The molecule has 4 nitrogen and oxygen atoms in total. The van der Waals surface area contributed by atoms with Crippen LogP contribution in [0.25, 0.3) is 16.7 Å². The predicted octanol–water partition coefficient (Wildman–Crippen LogP) is 3.92. The van der Waals surface area contributed by atoms with E-state index < -0.39 is 5.97 Å². The zero-order chi connectivity index (χ0) is 16.8. The SMILES string of the molecule is CCOC(=O)C(C#N)=C(C)c1ccc(-c2ccccc2O)cc1. The van der Waals surface area contributed by atoms with Gasteiger partial charge in [0.05, 0.1) is 6.61 Å². The van der Waals surface area contributed by atoms with Gasteiger partial charge >= 0.3 is 5.97 Å². The van der Waals surface area contributed by atoms with E-state index in [9.17, 15) is 15.2 Å². The van der Waals surface area contributed by atoms with E-state index in [1.54, 1.807) is 26.0 Å². The molecule has 0 unspecified atom stereocenters. The van der Waals surface area contributed by atoms with Crippen LogP contribution in [-0.4, -0.2) is 17.7 Å². The Morgan fingerprint density at radius 1 is 1.17 bits per heavy atom. The standard InChI is InChI=1S/C19H17NO3/c1-3-23-19(22)17(12-20)13(2)14-8-10-15(11-9-14)16-6-4-5-7-18(16)21/h4-11,21H,3H2,1-2H3. The van der Waals surface area contributed by atoms with Crippen molar-refractivity contribution in [3.05, 3.63) is 59.7 Å². The van der Waals surface area contributed by atoms with Crippen LogP contribution in [0, 0.1) is 11.3 Å². The largest absolute Gasteiger partial charge is 0.507 e. The third-order valence-electron chi connectivity index (χ3n) is 3.50. The molecule has 2 aromatic rings. The van der Waals surface area contributed by atoms with Gasteiger partial charge in [-0.25, -0.2) is 4.79 Å². The number of carbonyl (C=O) groups excluding carboxylic acids is 1. The number of allylic oxidation sites excluding steroid dienone is 1. The van der Waals surface area contributed by atoms with Gasteiger partial charge in [0.2, 0.25) is 0 Å². The molecule has 2 aromatic carbocycles. The minimum Gasteiger partial charge on any atom is -0.507 e. The Morgan fingerprint density at radius 2 is 1.83 bits per heavy atom. The van der Waals surface area contributed by atoms with Gasteiger partial charge in [0, 0.05) is 5.56 Å². The van der Waals surface area contributed by atoms with Gasteiger partial charge in [-0.3, -0.25) is 0 Å². The number of hydrogen-bond acceptors (Lipinski definition) is 4. The summed E-state index contributed by atoms with van der Waals surface area (Å²) in [4.78, 5) is 11.8. The maximum atomic E-state index is 11.8. The Labute approximate surface area is 135 Å². The van der Waals surface area contributed by atoms with Crippen molar-refractivity contribution in [1.82, 2.24) is 0 Å². The number of nitrogens with zero attached hydrogens (tertiary/aromatic N) is 1. The third-order valence-corrected chi connectivity index (χ3v) is 3.50. The number of ether oxygens (including phenoxy) is 1. The number of rotatable bonds is 4. The molecular formula is C19H17NO3. The maximum Gasteiger partial charge on any atom is 0.349 e. The zero-order valence-electron chi connectivity index (χ0n) is 13.0. The van der Waals surface area contributed by atoms with Gasteiger partial charge in [-0.05, 0) is 36.6 Å². The van der Waals surface area contributed by atoms with Crippen molar-refractivity contribution in [2.45, 2.75) is 13.8 Å². The summed E-state index contributed by atoms with van der Waals surface area (Å²) in [6.07, 6.45) is 0. The number of aromatic hydroxyl groups is 1. The lowest BCUT2D eigenvalue weighted by Gasteiger charge is -2.08. The predicted molar refractivity (Wildman–Crippen MR) is 88.4 cm³/mol. The Morgan fingerprint density at radius 3 is 2.39 bits per heavy atom. The quantitative estimate of drug-likeness (QED) is 0.528. The van der Waals surface area contributed by atoms with E-state index in [1.165, 1.54) is 0 Å². The smallest absolute Gasteiger partial charge is 0.349 e. The summed E-state index contributed by atoms with van der Waals surface area (Å²) >= 11 is 0. The summed E-state index contributed by atoms with van der Waals surface area (Å²) in [7, 11) is 0. The van der Waals surface area contributed by atoms with E-state index in [0.717, 1.165) is 16.7 Å². The molecule has 0 aromatic heterocycles. The fourth-order valence-corrected chi connectivity index (χ4v) is 2.25. The highest BCUT2D eigenvalue weighted by atomic mass is 16.5. The molecule has 2 rings (SSSR count). The molecule has 0 fully saturated rings. The van der Waals surface area contributed by atoms with Crippen molar-refractivity contribution in [2.24, 2.45) is 0 Å². The summed E-state index contributed by atoms with van der Waals surface area (Å²) in [5.41, 5.74) is 2.91. The van der Waals surface area contributed by atoms with E-state index in [0.29, 0.717) is 5.57 Å². The Balaban J connectivity index is 2.38. The molecule has 116 valence electrons. The number of hydrogen-bond donors (Lipinski definition) is 1. The highest BCUT2D eigenvalue weighted by molar-refractivity contribution is 6.01. The fourth-order valence-electron chi connectivity index (χ4n) is 2.25. The van der Waals surface area contributed by atoms with Crippen LogP contribution >= 0.6 is 0 Å². The van der Waals surface area contributed by atoms with Crippen LogP contribution in [0.5, 0.6) is 5.75 Å². The summed E-state index contributed by atoms with van der Waals surface area (Å²) in [5.74, 6) is -0.408. The topological polar surface area (TPSA) is 70.3 Å². The molecule has 0 amide bonds. The molecule has 0 saturated heterocycles. The van der Waals surface area contributed by atoms with Crippen molar-refractivity contribution in [2.75, 3.05) is 6.61 Å². The first kappa shape index (κ1) is 16.3. The minimum absolute atomic E-state index is 0.00200. The van der Waals surface area contributed by atoms with Gasteiger partial charge in [-0.1, -0.05) is 42.5 Å². The summed E-state index contributed by atoms with van der Waals surface area (Å²) in [5, 5.41) is 19.1. The van der Waals surface area contributed by atoms with E-state index in [2.05, 4.69) is 0 Å². The van der Waals surface area contributed by atoms with Gasteiger partial charge in [0.1, 0.15) is 17.4 Å². The zero-order valence-corrected chi connectivity index (χ0v) is 13.0. The van der Waals surface area contributed by atoms with Crippen LogP contribution in [-0.2, 0) is 9.53 Å². The molecule has 0 spiro atoms. The van der Waals surface area contributed by atoms with Crippen molar-refractivity contribution >= 4 is 11.5 Å². The lowest BCUT2D eigenvalue weighted by Crippen LogP contribution is -2.08. The first-order valence-corrected chi connectivity index (χ1v) is 7.25. The van der Waals surface area contributed by atoms with Crippen LogP contribution in [0.1, 0.15) is 19.4 Å². The maximum absolute atomic E-state index is 11.8. The van der Waals surface area contributed by atoms with Crippen molar-refractivity contribution in [3.8, 4) is 22.9 Å². The highest BCUT2D eigenvalue weighted by Crippen LogP contribution is 2.30. The third kappa shape index (κ3) is 3.58. The highest BCUT2D eigenvalue weighted by Gasteiger charge is 2.15. The molecule has 1 N–H and O–H groups in total. The van der Waals surface area contributed by atoms with Crippen LogP contribution in [0.4, 0.5) is 0 Å². The normalized spacial score (nSPS) is 11.3. The van der Waals surface area contributed by atoms with Gasteiger partial charge in [-0.15, -0.1) is 0 Å². The Bertz CT molecular complexity index is 783. The number of benzene rings is 2. The molecular weight excluding hydrogens is 290 g/mol. The second-order valence-electron chi connectivity index (χ2n) is 4.93. The Kier molecular flexibility index (Phi) is 5.16. The van der Waals surface area contributed by atoms with Gasteiger partial charge in [0.25, 0.3) is 0 Å². The number of phenolic OH excluding ortho intramolecular Hbond substituents is 1. The number of esters is 1. The second-order valence-corrected chi connectivity index (χ2v) is 4.93. The molecule has 23 heavy (non-hydrogen) atoms. The van der Waals surface area contributed by atoms with Gasteiger partial charge in [0.15, 0.2) is 0 Å². The number of nitriles is 1. The van der Waals surface area contributed by atoms with E-state index in [-0.39, 0.29) is 17.9 Å². The van der Waals surface area contributed by atoms with Crippen LogP contribution in [0.15, 0.2) is 54.1 Å². The molecule has 0 aliphatic rings. The first-order valence-electron chi connectivity index (χ1n) is 7.25. The van der Waals surface area contributed by atoms with Crippen LogP contribution in [0.3, 0.4) is 0 Å². The molecule has 0 heterocycles. The average molecular weight is 307 g/mol. The summed E-state index contributed by atoms with van der Waals surface area (Å²) < 4.78 is 4.89. The number of carbonyl (C=O) groups is 1. The summed E-state index contributed by atoms with van der Waals surface area (Å²) in [6.45, 7) is 3.64. The Hall–Kier alpha value is -3.06. The minimum atomic E-state index is -0.614. The molecule has 0 atom stereocenters. The fraction of sp³-hybridized carbons (Fsp3) is 0.158. The second kappa shape index (κ2) is 7.28. The van der Waals surface area contributed by atoms with E-state index in [4.69, 9.17) is 4.74 Å². The van der Waals surface area contributed by atoms with Crippen molar-refractivity contribution in [1.29, 1.82) is 5.26 Å². The van der Waals surface area contributed by atoms with E-state index in [1.807, 2.05) is 42.5 Å². The molecule has 0 aliphatic carbocycles. The van der Waals surface area contributed by atoms with Crippen LogP contribution in [0.2, 0.25) is 0 Å². The molecule has 0 saturated carbocycles. The molecule has 0 bridgehead atoms.